The summed E-state index contributed by atoms with van der Waals surface area (Å²) in [5.74, 6) is 0.807. The molecule has 19 heavy (non-hydrogen) atoms. The van der Waals surface area contributed by atoms with Crippen molar-refractivity contribution in [1.29, 1.82) is 5.26 Å². The topological polar surface area (TPSA) is 65.9 Å². The van der Waals surface area contributed by atoms with Crippen LogP contribution >= 0.6 is 0 Å². The van der Waals surface area contributed by atoms with Gasteiger partial charge in [-0.2, -0.15) is 5.26 Å². The first-order valence-corrected chi connectivity index (χ1v) is 6.11. The zero-order chi connectivity index (χ0) is 13.7. The quantitative estimate of drug-likeness (QED) is 0.912. The van der Waals surface area contributed by atoms with Crippen LogP contribution in [0.25, 0.3) is 11.3 Å². The van der Waals surface area contributed by atoms with Crippen LogP contribution in [0.4, 0.5) is 0 Å². The van der Waals surface area contributed by atoms with Gasteiger partial charge in [0.25, 0.3) is 5.56 Å². The molecular weight excluding hydrogens is 240 g/mol. The molecule has 0 fully saturated rings. The molecule has 0 aliphatic heterocycles. The molecule has 0 radical (unpaired) electrons. The molecule has 4 nitrogen and oxygen atoms in total. The first-order chi connectivity index (χ1) is 9.24. The van der Waals surface area contributed by atoms with Gasteiger partial charge in [0.05, 0.1) is 6.61 Å². The molecule has 1 aromatic heterocycles. The summed E-state index contributed by atoms with van der Waals surface area (Å²) in [7, 11) is 0. The van der Waals surface area contributed by atoms with Crippen LogP contribution in [0.2, 0.25) is 0 Å². The molecule has 0 saturated carbocycles. The molecule has 2 rings (SSSR count). The Bertz CT molecular complexity index is 651. The van der Waals surface area contributed by atoms with E-state index in [1.807, 2.05) is 30.3 Å². The zero-order valence-corrected chi connectivity index (χ0v) is 10.6. The molecule has 0 amide bonds. The zero-order valence-electron chi connectivity index (χ0n) is 10.6. The second-order valence-electron chi connectivity index (χ2n) is 4.10. The highest BCUT2D eigenvalue weighted by Crippen LogP contribution is 2.20. The fraction of sp³-hybridized carbons (Fsp3) is 0.200. The van der Waals surface area contributed by atoms with E-state index in [2.05, 4.69) is 11.9 Å². The molecule has 1 N–H and O–H groups in total. The number of benzene rings is 1. The largest absolute Gasteiger partial charge is 0.494 e. The Kier molecular flexibility index (Phi) is 3.99. The predicted octanol–water partition coefficient (Wildman–Crippen LogP) is 2.70. The summed E-state index contributed by atoms with van der Waals surface area (Å²) in [6.45, 7) is 2.74. The number of rotatable bonds is 4. The summed E-state index contributed by atoms with van der Waals surface area (Å²) in [4.78, 5) is 14.2. The van der Waals surface area contributed by atoms with Crippen molar-refractivity contribution in [3.8, 4) is 23.1 Å². The van der Waals surface area contributed by atoms with E-state index in [9.17, 15) is 4.79 Å². The van der Waals surface area contributed by atoms with Gasteiger partial charge in [0.1, 0.15) is 17.4 Å². The third-order valence-corrected chi connectivity index (χ3v) is 2.67. The number of pyridine rings is 1. The van der Waals surface area contributed by atoms with Gasteiger partial charge in [0.15, 0.2) is 0 Å². The average molecular weight is 254 g/mol. The minimum Gasteiger partial charge on any atom is -0.494 e. The Morgan fingerprint density at radius 1 is 1.21 bits per heavy atom. The van der Waals surface area contributed by atoms with E-state index in [1.54, 1.807) is 6.07 Å². The maximum Gasteiger partial charge on any atom is 0.266 e. The molecule has 96 valence electrons. The summed E-state index contributed by atoms with van der Waals surface area (Å²) in [5.41, 5.74) is 1.31. The molecule has 0 bridgehead atoms. The van der Waals surface area contributed by atoms with Gasteiger partial charge in [0, 0.05) is 5.69 Å². The summed E-state index contributed by atoms with van der Waals surface area (Å²) in [6.07, 6.45) is 0.963. The van der Waals surface area contributed by atoms with Crippen LogP contribution in [0.1, 0.15) is 18.9 Å². The smallest absolute Gasteiger partial charge is 0.266 e. The molecule has 0 spiro atoms. The molecule has 1 heterocycles. The molecule has 0 aliphatic carbocycles. The average Bonchev–Trinajstić information content (AvgIpc) is 2.45. The van der Waals surface area contributed by atoms with E-state index in [1.165, 1.54) is 6.07 Å². The number of aromatic amines is 1. The number of aromatic nitrogens is 1. The highest BCUT2D eigenvalue weighted by Gasteiger charge is 2.02. The maximum absolute atomic E-state index is 11.5. The molecule has 0 atom stereocenters. The molecular formula is C15H14N2O2. The van der Waals surface area contributed by atoms with Gasteiger partial charge < -0.3 is 9.72 Å². The Labute approximate surface area is 111 Å². The second kappa shape index (κ2) is 5.87. The van der Waals surface area contributed by atoms with Crippen LogP contribution < -0.4 is 10.3 Å². The Balaban J connectivity index is 2.25. The van der Waals surface area contributed by atoms with Crippen molar-refractivity contribution in [1.82, 2.24) is 4.98 Å². The van der Waals surface area contributed by atoms with Crippen LogP contribution in [0.3, 0.4) is 0 Å². The number of nitriles is 1. The maximum atomic E-state index is 11.5. The van der Waals surface area contributed by atoms with Gasteiger partial charge in [-0.1, -0.05) is 6.92 Å². The lowest BCUT2D eigenvalue weighted by molar-refractivity contribution is 0.317. The lowest BCUT2D eigenvalue weighted by Gasteiger charge is -2.06. The fourth-order valence-electron chi connectivity index (χ4n) is 1.68. The Hall–Kier alpha value is -2.54. The van der Waals surface area contributed by atoms with E-state index in [0.29, 0.717) is 12.3 Å². The minimum atomic E-state index is -0.369. The van der Waals surface area contributed by atoms with Gasteiger partial charge in [-0.05, 0) is 48.4 Å². The standard InChI is InChI=1S/C15H14N2O2/c1-2-9-19-13-6-3-11(4-7-13)14-8-5-12(10-16)15(18)17-14/h3-8H,2,9H2,1H3,(H,17,18). The van der Waals surface area contributed by atoms with Crippen molar-refractivity contribution < 1.29 is 4.74 Å². The predicted molar refractivity (Wildman–Crippen MR) is 73.0 cm³/mol. The summed E-state index contributed by atoms with van der Waals surface area (Å²) < 4.78 is 5.49. The van der Waals surface area contributed by atoms with Crippen molar-refractivity contribution in [2.75, 3.05) is 6.61 Å². The first kappa shape index (κ1) is 12.9. The van der Waals surface area contributed by atoms with Gasteiger partial charge >= 0.3 is 0 Å². The summed E-state index contributed by atoms with van der Waals surface area (Å²) in [5, 5.41) is 8.71. The molecule has 0 saturated heterocycles. The number of ether oxygens (including phenoxy) is 1. The number of hydrogen-bond acceptors (Lipinski definition) is 3. The number of H-pyrrole nitrogens is 1. The highest BCUT2D eigenvalue weighted by atomic mass is 16.5. The van der Waals surface area contributed by atoms with Crippen LogP contribution in [-0.4, -0.2) is 11.6 Å². The van der Waals surface area contributed by atoms with Crippen LogP contribution in [0.5, 0.6) is 5.75 Å². The molecule has 2 aromatic rings. The highest BCUT2D eigenvalue weighted by molar-refractivity contribution is 5.60. The minimum absolute atomic E-state index is 0.117. The van der Waals surface area contributed by atoms with Crippen LogP contribution in [0, 0.1) is 11.3 Å². The van der Waals surface area contributed by atoms with Gasteiger partial charge in [0.2, 0.25) is 0 Å². The summed E-state index contributed by atoms with van der Waals surface area (Å²) in [6, 6.07) is 12.6. The third kappa shape index (κ3) is 3.02. The van der Waals surface area contributed by atoms with Crippen molar-refractivity contribution in [3.63, 3.8) is 0 Å². The fourth-order valence-corrected chi connectivity index (χ4v) is 1.68. The number of hydrogen-bond donors (Lipinski definition) is 1. The summed E-state index contributed by atoms with van der Waals surface area (Å²) >= 11 is 0. The Morgan fingerprint density at radius 2 is 1.95 bits per heavy atom. The van der Waals surface area contributed by atoms with E-state index >= 15 is 0 Å². The van der Waals surface area contributed by atoms with Crippen molar-refractivity contribution in [2.24, 2.45) is 0 Å². The normalized spacial score (nSPS) is 9.89. The van der Waals surface area contributed by atoms with E-state index < -0.39 is 0 Å². The van der Waals surface area contributed by atoms with Crippen molar-refractivity contribution in [3.05, 3.63) is 52.3 Å². The van der Waals surface area contributed by atoms with Crippen LogP contribution in [-0.2, 0) is 0 Å². The monoisotopic (exact) mass is 254 g/mol. The van der Waals surface area contributed by atoms with Crippen molar-refractivity contribution in [2.45, 2.75) is 13.3 Å². The molecule has 4 heteroatoms. The van der Waals surface area contributed by atoms with Gasteiger partial charge in [-0.15, -0.1) is 0 Å². The molecule has 1 aromatic carbocycles. The SMILES string of the molecule is CCCOc1ccc(-c2ccc(C#N)c(=O)[nH]2)cc1. The van der Waals surface area contributed by atoms with E-state index in [0.717, 1.165) is 17.7 Å². The third-order valence-electron chi connectivity index (χ3n) is 2.67. The number of nitrogens with one attached hydrogen (secondary N) is 1. The van der Waals surface area contributed by atoms with Crippen molar-refractivity contribution >= 4 is 0 Å². The molecule has 0 unspecified atom stereocenters. The lowest BCUT2D eigenvalue weighted by Crippen LogP contribution is -2.10. The van der Waals surface area contributed by atoms with Gasteiger partial charge in [-0.25, -0.2) is 0 Å². The molecule has 0 aliphatic rings. The van der Waals surface area contributed by atoms with E-state index in [4.69, 9.17) is 10.00 Å². The Morgan fingerprint density at radius 3 is 2.53 bits per heavy atom. The second-order valence-corrected chi connectivity index (χ2v) is 4.10. The van der Waals surface area contributed by atoms with Gasteiger partial charge in [-0.3, -0.25) is 4.79 Å². The lowest BCUT2D eigenvalue weighted by atomic mass is 10.1. The first-order valence-electron chi connectivity index (χ1n) is 6.11. The van der Waals surface area contributed by atoms with E-state index in [-0.39, 0.29) is 11.1 Å². The number of nitrogens with zero attached hydrogens (tertiary/aromatic N) is 1. The van der Waals surface area contributed by atoms with Crippen LogP contribution in [0.15, 0.2) is 41.2 Å².